The molecule has 0 aliphatic carbocycles. The molecule has 13 heavy (non-hydrogen) atoms. The molecule has 0 aromatic heterocycles. The zero-order chi connectivity index (χ0) is 11.3. The molecule has 0 aliphatic rings. The minimum atomic E-state index is 1.16. The van der Waals surface area contributed by atoms with E-state index in [1.54, 1.807) is 0 Å². The van der Waals surface area contributed by atoms with Gasteiger partial charge < -0.3 is 0 Å². The molecule has 0 fully saturated rings. The first kappa shape index (κ1) is 18.0. The molecule has 0 aliphatic heterocycles. The molecule has 0 radical (unpaired) electrons. The number of rotatable bonds is 3. The van der Waals surface area contributed by atoms with Crippen LogP contribution in [0.25, 0.3) is 0 Å². The van der Waals surface area contributed by atoms with Gasteiger partial charge >= 0.3 is 0 Å². The Morgan fingerprint density at radius 2 is 1.46 bits per heavy atom. The normalized spacial score (nSPS) is 6.69. The van der Waals surface area contributed by atoms with Crippen molar-refractivity contribution >= 4 is 0 Å². The van der Waals surface area contributed by atoms with Crippen molar-refractivity contribution in [1.82, 2.24) is 0 Å². The summed E-state index contributed by atoms with van der Waals surface area (Å²) in [5.74, 6) is 0. The predicted molar refractivity (Wildman–Crippen MR) is 64.7 cm³/mol. The van der Waals surface area contributed by atoms with Crippen molar-refractivity contribution in [2.24, 2.45) is 0 Å². The molecule has 0 amide bonds. The highest BCUT2D eigenvalue weighted by Gasteiger charge is 1.87. The second kappa shape index (κ2) is 17.2. The van der Waals surface area contributed by atoms with E-state index in [1.807, 2.05) is 20.8 Å². The van der Waals surface area contributed by atoms with E-state index in [4.69, 9.17) is 0 Å². The van der Waals surface area contributed by atoms with Gasteiger partial charge in [-0.15, -0.1) is 12.8 Å². The van der Waals surface area contributed by atoms with E-state index in [0.717, 1.165) is 18.4 Å². The SMILES string of the molecule is C#C.C=C(C)C=C(CC)CC.CC. The van der Waals surface area contributed by atoms with Crippen molar-refractivity contribution in [3.05, 3.63) is 23.8 Å². The van der Waals surface area contributed by atoms with E-state index in [2.05, 4.69) is 39.3 Å². The summed E-state index contributed by atoms with van der Waals surface area (Å²) in [7, 11) is 0. The molecule has 0 spiro atoms. The van der Waals surface area contributed by atoms with Crippen LogP contribution in [-0.4, -0.2) is 0 Å². The molecule has 0 saturated carbocycles. The fraction of sp³-hybridized carbons (Fsp3) is 0.538. The summed E-state index contributed by atoms with van der Waals surface area (Å²) in [6.45, 7) is 14.2. The monoisotopic (exact) mass is 180 g/mol. The van der Waals surface area contributed by atoms with Crippen molar-refractivity contribution in [3.8, 4) is 12.8 Å². The Labute approximate surface area is 84.8 Å². The van der Waals surface area contributed by atoms with Crippen molar-refractivity contribution in [2.45, 2.75) is 47.5 Å². The van der Waals surface area contributed by atoms with E-state index < -0.39 is 0 Å². The van der Waals surface area contributed by atoms with E-state index >= 15 is 0 Å². The third kappa shape index (κ3) is 18.2. The average molecular weight is 180 g/mol. The molecule has 0 saturated heterocycles. The summed E-state index contributed by atoms with van der Waals surface area (Å²) in [6.07, 6.45) is 12.5. The zero-order valence-corrected chi connectivity index (χ0v) is 9.85. The van der Waals surface area contributed by atoms with E-state index in [0.29, 0.717) is 0 Å². The van der Waals surface area contributed by atoms with Crippen LogP contribution in [0.2, 0.25) is 0 Å². The fourth-order valence-electron chi connectivity index (χ4n) is 0.803. The van der Waals surface area contributed by atoms with E-state index in [-0.39, 0.29) is 0 Å². The lowest BCUT2D eigenvalue weighted by Gasteiger charge is -1.97. The molecule has 0 atom stereocenters. The molecule has 0 heterocycles. The molecule has 0 rings (SSSR count). The summed E-state index contributed by atoms with van der Waals surface area (Å²) >= 11 is 0. The van der Waals surface area contributed by atoms with Crippen LogP contribution in [0.3, 0.4) is 0 Å². The molecular weight excluding hydrogens is 156 g/mol. The lowest BCUT2D eigenvalue weighted by atomic mass is 10.1. The van der Waals surface area contributed by atoms with Gasteiger partial charge in [0.2, 0.25) is 0 Å². The van der Waals surface area contributed by atoms with Gasteiger partial charge in [0.05, 0.1) is 0 Å². The molecule has 0 N–H and O–H groups in total. The Morgan fingerprint density at radius 3 is 1.54 bits per heavy atom. The van der Waals surface area contributed by atoms with Crippen molar-refractivity contribution in [1.29, 1.82) is 0 Å². The maximum absolute atomic E-state index is 4.00. The average Bonchev–Trinajstić information content (AvgIpc) is 2.20. The first-order valence-electron chi connectivity index (χ1n) is 4.89. The van der Waals surface area contributed by atoms with Crippen LogP contribution < -0.4 is 0 Å². The molecule has 0 aromatic rings. The van der Waals surface area contributed by atoms with E-state index in [9.17, 15) is 0 Å². The highest BCUT2D eigenvalue weighted by molar-refractivity contribution is 5.17. The number of hydrogen-bond acceptors (Lipinski definition) is 0. The van der Waals surface area contributed by atoms with E-state index in [1.165, 1.54) is 5.57 Å². The van der Waals surface area contributed by atoms with Gasteiger partial charge in [0.15, 0.2) is 0 Å². The van der Waals surface area contributed by atoms with Gasteiger partial charge in [0, 0.05) is 0 Å². The maximum Gasteiger partial charge on any atom is -0.0346 e. The fourth-order valence-corrected chi connectivity index (χ4v) is 0.803. The van der Waals surface area contributed by atoms with Gasteiger partial charge in [-0.1, -0.05) is 51.5 Å². The van der Waals surface area contributed by atoms with Gasteiger partial charge in [0.25, 0.3) is 0 Å². The van der Waals surface area contributed by atoms with Crippen LogP contribution >= 0.6 is 0 Å². The Hall–Kier alpha value is -0.960. The smallest absolute Gasteiger partial charge is 0.0346 e. The molecule has 0 aromatic carbocycles. The Bertz CT molecular complexity index is 141. The summed E-state index contributed by atoms with van der Waals surface area (Å²) in [5, 5.41) is 0. The Kier molecular flexibility index (Phi) is 23.8. The van der Waals surface area contributed by atoms with Crippen LogP contribution in [-0.2, 0) is 0 Å². The molecular formula is C13H24. The van der Waals surface area contributed by atoms with Gasteiger partial charge in [0.1, 0.15) is 0 Å². The predicted octanol–water partition coefficient (Wildman–Crippen LogP) is 4.58. The third-order valence-corrected chi connectivity index (χ3v) is 1.36. The van der Waals surface area contributed by atoms with Crippen LogP contribution in [0.1, 0.15) is 47.5 Å². The molecule has 0 nitrogen and oxygen atoms in total. The second-order valence-corrected chi connectivity index (χ2v) is 2.36. The summed E-state index contributed by atoms with van der Waals surface area (Å²) in [6, 6.07) is 0. The quantitative estimate of drug-likeness (QED) is 0.440. The van der Waals surface area contributed by atoms with Gasteiger partial charge in [-0.25, -0.2) is 0 Å². The molecule has 0 heteroatoms. The van der Waals surface area contributed by atoms with Crippen LogP contribution in [0, 0.1) is 12.8 Å². The lowest BCUT2D eigenvalue weighted by Crippen LogP contribution is -1.77. The second-order valence-electron chi connectivity index (χ2n) is 2.36. The minimum Gasteiger partial charge on any atom is -0.124 e. The highest BCUT2D eigenvalue weighted by atomic mass is 13.9. The number of hydrogen-bond donors (Lipinski definition) is 0. The summed E-state index contributed by atoms with van der Waals surface area (Å²) in [4.78, 5) is 0. The van der Waals surface area contributed by atoms with Crippen molar-refractivity contribution < 1.29 is 0 Å². The maximum atomic E-state index is 4.00. The first-order chi connectivity index (χ1) is 6.20. The molecule has 76 valence electrons. The Morgan fingerprint density at radius 1 is 1.15 bits per heavy atom. The minimum absolute atomic E-state index is 1.16. The largest absolute Gasteiger partial charge is 0.124 e. The molecule has 0 unspecified atom stereocenters. The summed E-state index contributed by atoms with van der Waals surface area (Å²) in [5.41, 5.74) is 2.65. The van der Waals surface area contributed by atoms with Crippen LogP contribution in [0.4, 0.5) is 0 Å². The summed E-state index contributed by atoms with van der Waals surface area (Å²) < 4.78 is 0. The molecule has 0 bridgehead atoms. The number of terminal acetylenes is 1. The van der Waals surface area contributed by atoms with Crippen LogP contribution in [0.5, 0.6) is 0 Å². The Balaban J connectivity index is -0.000000218. The van der Waals surface area contributed by atoms with Gasteiger partial charge in [-0.05, 0) is 19.8 Å². The van der Waals surface area contributed by atoms with Crippen molar-refractivity contribution in [2.75, 3.05) is 0 Å². The van der Waals surface area contributed by atoms with Gasteiger partial charge in [-0.2, -0.15) is 0 Å². The first-order valence-corrected chi connectivity index (χ1v) is 4.89. The van der Waals surface area contributed by atoms with Crippen molar-refractivity contribution in [3.63, 3.8) is 0 Å². The van der Waals surface area contributed by atoms with Gasteiger partial charge in [-0.3, -0.25) is 0 Å². The standard InChI is InChI=1S/C9H16.C2H6.C2H2/c1-5-9(6-2)7-8(3)4;2*1-2/h7H,3,5-6H2,1-2,4H3;1-2H3;1-2H. The van der Waals surface area contributed by atoms with Crippen LogP contribution in [0.15, 0.2) is 23.8 Å². The topological polar surface area (TPSA) is 0 Å². The zero-order valence-electron chi connectivity index (χ0n) is 9.85. The highest BCUT2D eigenvalue weighted by Crippen LogP contribution is 2.07. The third-order valence-electron chi connectivity index (χ3n) is 1.36. The number of allylic oxidation sites excluding steroid dienone is 3. The lowest BCUT2D eigenvalue weighted by molar-refractivity contribution is 0.974.